The molecule has 1 aliphatic carbocycles. The van der Waals surface area contributed by atoms with Gasteiger partial charge in [-0.1, -0.05) is 6.42 Å². The molecule has 1 rings (SSSR count). The molecule has 1 N–H and O–H groups in total. The van der Waals surface area contributed by atoms with Crippen molar-refractivity contribution in [3.05, 3.63) is 0 Å². The van der Waals surface area contributed by atoms with Crippen molar-refractivity contribution in [1.82, 2.24) is 9.03 Å². The Morgan fingerprint density at radius 1 is 1.47 bits per heavy atom. The van der Waals surface area contributed by atoms with Crippen LogP contribution < -0.4 is 4.72 Å². The number of rotatable bonds is 7. The molecule has 6 nitrogen and oxygen atoms in total. The van der Waals surface area contributed by atoms with Crippen LogP contribution in [-0.2, 0) is 19.7 Å². The van der Waals surface area contributed by atoms with Gasteiger partial charge >= 0.3 is 5.97 Å². The summed E-state index contributed by atoms with van der Waals surface area (Å²) >= 11 is 0. The first-order valence-corrected chi connectivity index (χ1v) is 7.17. The maximum absolute atomic E-state index is 11.7. The second-order valence-corrected chi connectivity index (χ2v) is 6.16. The van der Waals surface area contributed by atoms with Crippen molar-refractivity contribution in [3.63, 3.8) is 0 Å². The fourth-order valence-corrected chi connectivity index (χ4v) is 2.50. The fourth-order valence-electron chi connectivity index (χ4n) is 1.50. The fraction of sp³-hybridized carbons (Fsp3) is 0.900. The lowest BCUT2D eigenvalue weighted by Crippen LogP contribution is -2.42. The number of hydrogen-bond donors (Lipinski definition) is 1. The van der Waals surface area contributed by atoms with E-state index in [1.54, 1.807) is 0 Å². The van der Waals surface area contributed by atoms with Gasteiger partial charge in [0.1, 0.15) is 0 Å². The number of esters is 1. The molecular formula is C10H20N2O4S. The molecule has 0 aromatic heterocycles. The van der Waals surface area contributed by atoms with Crippen LogP contribution in [-0.4, -0.2) is 45.9 Å². The SMILES string of the molecule is COC(=O)CCN(C)S(=O)(=O)NCC1CCC1. The molecule has 1 fully saturated rings. The van der Waals surface area contributed by atoms with Crippen LogP contribution >= 0.6 is 0 Å². The van der Waals surface area contributed by atoms with Gasteiger partial charge in [0.15, 0.2) is 0 Å². The first-order valence-electron chi connectivity index (χ1n) is 5.73. The van der Waals surface area contributed by atoms with Crippen molar-refractivity contribution >= 4 is 16.2 Å². The first-order chi connectivity index (χ1) is 7.95. The lowest BCUT2D eigenvalue weighted by Gasteiger charge is -2.26. The molecule has 7 heteroatoms. The van der Waals surface area contributed by atoms with Crippen molar-refractivity contribution in [2.24, 2.45) is 5.92 Å². The summed E-state index contributed by atoms with van der Waals surface area (Å²) in [7, 11) is -0.726. The first kappa shape index (κ1) is 14.4. The third-order valence-electron chi connectivity index (χ3n) is 3.05. The van der Waals surface area contributed by atoms with Crippen LogP contribution in [0.15, 0.2) is 0 Å². The molecule has 0 atom stereocenters. The highest BCUT2D eigenvalue weighted by atomic mass is 32.2. The van der Waals surface area contributed by atoms with E-state index in [0.717, 1.165) is 17.1 Å². The van der Waals surface area contributed by atoms with E-state index in [-0.39, 0.29) is 13.0 Å². The average Bonchev–Trinajstić information content (AvgIpc) is 2.22. The highest BCUT2D eigenvalue weighted by Crippen LogP contribution is 2.25. The van der Waals surface area contributed by atoms with Gasteiger partial charge in [0.05, 0.1) is 13.5 Å². The lowest BCUT2D eigenvalue weighted by atomic mass is 9.86. The summed E-state index contributed by atoms with van der Waals surface area (Å²) in [6, 6.07) is 0. The molecule has 0 radical (unpaired) electrons. The van der Waals surface area contributed by atoms with Gasteiger partial charge in [0.25, 0.3) is 10.2 Å². The average molecular weight is 264 g/mol. The molecule has 0 saturated heterocycles. The number of nitrogens with zero attached hydrogens (tertiary/aromatic N) is 1. The van der Waals surface area contributed by atoms with E-state index in [2.05, 4.69) is 9.46 Å². The van der Waals surface area contributed by atoms with Crippen LogP contribution in [0.2, 0.25) is 0 Å². The van der Waals surface area contributed by atoms with Crippen LogP contribution in [0.1, 0.15) is 25.7 Å². The molecule has 0 aromatic rings. The van der Waals surface area contributed by atoms with Gasteiger partial charge in [-0.3, -0.25) is 4.79 Å². The van der Waals surface area contributed by atoms with Gasteiger partial charge in [0, 0.05) is 20.1 Å². The largest absolute Gasteiger partial charge is 0.469 e. The second kappa shape index (κ2) is 6.32. The van der Waals surface area contributed by atoms with E-state index < -0.39 is 16.2 Å². The summed E-state index contributed by atoms with van der Waals surface area (Å²) in [5.41, 5.74) is 0. The maximum Gasteiger partial charge on any atom is 0.306 e. The zero-order chi connectivity index (χ0) is 12.9. The Hall–Kier alpha value is -0.660. The van der Waals surface area contributed by atoms with E-state index in [1.165, 1.54) is 20.6 Å². The molecule has 1 saturated carbocycles. The van der Waals surface area contributed by atoms with E-state index in [1.807, 2.05) is 0 Å². The monoisotopic (exact) mass is 264 g/mol. The van der Waals surface area contributed by atoms with Crippen molar-refractivity contribution in [2.45, 2.75) is 25.7 Å². The second-order valence-electron chi connectivity index (χ2n) is 4.30. The minimum absolute atomic E-state index is 0.0668. The van der Waals surface area contributed by atoms with E-state index in [4.69, 9.17) is 0 Å². The van der Waals surface area contributed by atoms with Gasteiger partial charge in [-0.15, -0.1) is 0 Å². The summed E-state index contributed by atoms with van der Waals surface area (Å²) in [6.07, 6.45) is 3.44. The van der Waals surface area contributed by atoms with Crippen molar-refractivity contribution in [3.8, 4) is 0 Å². The Morgan fingerprint density at radius 3 is 2.59 bits per heavy atom. The summed E-state index contributed by atoms with van der Waals surface area (Å²) in [4.78, 5) is 10.9. The summed E-state index contributed by atoms with van der Waals surface area (Å²) in [5.74, 6) is 0.0600. The minimum Gasteiger partial charge on any atom is -0.469 e. The van der Waals surface area contributed by atoms with Gasteiger partial charge < -0.3 is 4.74 Å². The van der Waals surface area contributed by atoms with E-state index in [9.17, 15) is 13.2 Å². The number of methoxy groups -OCH3 is 1. The van der Waals surface area contributed by atoms with Crippen molar-refractivity contribution in [1.29, 1.82) is 0 Å². The number of nitrogens with one attached hydrogen (secondary N) is 1. The smallest absolute Gasteiger partial charge is 0.306 e. The van der Waals surface area contributed by atoms with Crippen LogP contribution in [0.25, 0.3) is 0 Å². The molecule has 0 heterocycles. The maximum atomic E-state index is 11.7. The van der Waals surface area contributed by atoms with Crippen LogP contribution in [0.3, 0.4) is 0 Å². The number of carbonyl (C=O) groups excluding carboxylic acids is 1. The number of hydrogen-bond acceptors (Lipinski definition) is 4. The summed E-state index contributed by atoms with van der Waals surface area (Å²) < 4.78 is 31.6. The Bertz CT molecular complexity index is 351. The standard InChI is InChI=1S/C10H20N2O4S/c1-12(7-6-10(13)16-2)17(14,15)11-8-9-4-3-5-9/h9,11H,3-8H2,1-2H3. The summed E-state index contributed by atoms with van der Waals surface area (Å²) in [6.45, 7) is 0.623. The molecule has 0 spiro atoms. The van der Waals surface area contributed by atoms with Crippen LogP contribution in [0.4, 0.5) is 0 Å². The molecule has 17 heavy (non-hydrogen) atoms. The van der Waals surface area contributed by atoms with Gasteiger partial charge in [-0.2, -0.15) is 12.7 Å². The van der Waals surface area contributed by atoms with Crippen LogP contribution in [0.5, 0.6) is 0 Å². The lowest BCUT2D eigenvalue weighted by molar-refractivity contribution is -0.140. The molecule has 0 bridgehead atoms. The Labute approximate surface area is 102 Å². The zero-order valence-electron chi connectivity index (χ0n) is 10.3. The van der Waals surface area contributed by atoms with Gasteiger partial charge in [-0.05, 0) is 18.8 Å². The molecular weight excluding hydrogens is 244 g/mol. The Kier molecular flexibility index (Phi) is 5.35. The highest BCUT2D eigenvalue weighted by molar-refractivity contribution is 7.87. The van der Waals surface area contributed by atoms with Crippen molar-refractivity contribution < 1.29 is 17.9 Å². The molecule has 0 unspecified atom stereocenters. The third-order valence-corrected chi connectivity index (χ3v) is 4.58. The Morgan fingerprint density at radius 2 is 2.12 bits per heavy atom. The quantitative estimate of drug-likeness (QED) is 0.662. The topological polar surface area (TPSA) is 75.7 Å². The molecule has 0 aromatic carbocycles. The van der Waals surface area contributed by atoms with Crippen molar-refractivity contribution in [2.75, 3.05) is 27.2 Å². The minimum atomic E-state index is -3.46. The molecule has 100 valence electrons. The summed E-state index contributed by atoms with van der Waals surface area (Å²) in [5, 5.41) is 0. The van der Waals surface area contributed by atoms with Gasteiger partial charge in [0.2, 0.25) is 0 Å². The molecule has 1 aliphatic rings. The zero-order valence-corrected chi connectivity index (χ0v) is 11.1. The van der Waals surface area contributed by atoms with E-state index in [0.29, 0.717) is 12.5 Å². The van der Waals surface area contributed by atoms with Gasteiger partial charge in [-0.25, -0.2) is 4.72 Å². The van der Waals surface area contributed by atoms with E-state index >= 15 is 0 Å². The third kappa shape index (κ3) is 4.61. The highest BCUT2D eigenvalue weighted by Gasteiger charge is 2.23. The number of ether oxygens (including phenoxy) is 1. The predicted molar refractivity (Wildman–Crippen MR) is 63.5 cm³/mol. The normalized spacial score (nSPS) is 16.9. The molecule has 0 amide bonds. The van der Waals surface area contributed by atoms with Crippen LogP contribution in [0, 0.1) is 5.92 Å². The number of carbonyl (C=O) groups is 1. The predicted octanol–water partition coefficient (Wildman–Crippen LogP) is 0.116. The molecule has 0 aliphatic heterocycles. The Balaban J connectivity index is 2.31.